The van der Waals surface area contributed by atoms with Crippen molar-refractivity contribution in [2.45, 2.75) is 13.3 Å². The van der Waals surface area contributed by atoms with Crippen LogP contribution in [0.5, 0.6) is 0 Å². The number of hydrogen-bond acceptors (Lipinski definition) is 1. The molecular formula is C9H10I2N2. The van der Waals surface area contributed by atoms with Crippen molar-refractivity contribution in [3.05, 3.63) is 30.3 Å². The minimum absolute atomic E-state index is 0.945. The molecule has 1 aromatic rings. The predicted molar refractivity (Wildman–Crippen MR) is 74.7 cm³/mol. The molecule has 70 valence electrons. The van der Waals surface area contributed by atoms with Gasteiger partial charge in [-0.15, -0.1) is 0 Å². The molecule has 0 aromatic heterocycles. The molecule has 0 fully saturated rings. The van der Waals surface area contributed by atoms with E-state index in [4.69, 9.17) is 0 Å². The molecule has 0 radical (unpaired) electrons. The summed E-state index contributed by atoms with van der Waals surface area (Å²) in [4.78, 5) is 0. The Morgan fingerprint density at radius 1 is 1.38 bits per heavy atom. The van der Waals surface area contributed by atoms with Crippen molar-refractivity contribution in [3.8, 4) is 0 Å². The first kappa shape index (κ1) is 11.2. The summed E-state index contributed by atoms with van der Waals surface area (Å²) < 4.78 is 6.26. The van der Waals surface area contributed by atoms with E-state index < -0.39 is 0 Å². The van der Waals surface area contributed by atoms with Crippen LogP contribution in [0.15, 0.2) is 33.5 Å². The normalized spacial score (nSPS) is 11.5. The smallest absolute Gasteiger partial charge is 0.124 e. The van der Waals surface area contributed by atoms with Crippen LogP contribution in [0, 0.1) is 0 Å². The fourth-order valence-corrected chi connectivity index (χ4v) is 2.68. The molecule has 0 unspecified atom stereocenters. The highest BCUT2D eigenvalue weighted by Gasteiger charge is 2.06. The zero-order chi connectivity index (χ0) is 9.68. The van der Waals surface area contributed by atoms with Crippen molar-refractivity contribution in [1.29, 1.82) is 0 Å². The fourth-order valence-electron chi connectivity index (χ4n) is 0.940. The van der Waals surface area contributed by atoms with E-state index in [9.17, 15) is 0 Å². The largest absolute Gasteiger partial charge is 0.270 e. The van der Waals surface area contributed by atoms with Crippen LogP contribution < -0.4 is 3.11 Å². The Hall–Kier alpha value is 0.150. The Morgan fingerprint density at radius 3 is 2.46 bits per heavy atom. The lowest BCUT2D eigenvalue weighted by Crippen LogP contribution is -2.17. The molecule has 4 heteroatoms. The third-order valence-corrected chi connectivity index (χ3v) is 3.29. The zero-order valence-electron chi connectivity index (χ0n) is 7.24. The van der Waals surface area contributed by atoms with Crippen LogP contribution in [0.3, 0.4) is 0 Å². The lowest BCUT2D eigenvalue weighted by atomic mass is 10.3. The molecule has 1 aromatic carbocycles. The van der Waals surface area contributed by atoms with Gasteiger partial charge in [0, 0.05) is 6.42 Å². The second-order valence-corrected chi connectivity index (χ2v) is 3.92. The molecule has 13 heavy (non-hydrogen) atoms. The highest BCUT2D eigenvalue weighted by atomic mass is 127. The van der Waals surface area contributed by atoms with Crippen molar-refractivity contribution in [2.75, 3.05) is 3.11 Å². The maximum Gasteiger partial charge on any atom is 0.124 e. The standard InChI is InChI=1S/C9H10I2N2/c1-2-9(12-10)13(11)8-6-4-3-5-7-8/h3-7H,2H2,1H3. The second-order valence-electron chi connectivity index (χ2n) is 2.47. The van der Waals surface area contributed by atoms with Gasteiger partial charge < -0.3 is 0 Å². The zero-order valence-corrected chi connectivity index (χ0v) is 11.6. The van der Waals surface area contributed by atoms with E-state index in [-0.39, 0.29) is 0 Å². The van der Waals surface area contributed by atoms with Crippen molar-refractivity contribution in [1.82, 2.24) is 0 Å². The van der Waals surface area contributed by atoms with E-state index >= 15 is 0 Å². The molecule has 0 aliphatic rings. The molecule has 0 heterocycles. The maximum absolute atomic E-state index is 4.19. The molecule has 0 atom stereocenters. The number of amidine groups is 1. The van der Waals surface area contributed by atoms with E-state index in [1.165, 1.54) is 5.69 Å². The first-order valence-corrected chi connectivity index (χ1v) is 5.91. The van der Waals surface area contributed by atoms with Gasteiger partial charge in [0.25, 0.3) is 0 Å². The lowest BCUT2D eigenvalue weighted by Gasteiger charge is -2.16. The van der Waals surface area contributed by atoms with Crippen LogP contribution in [-0.4, -0.2) is 5.84 Å². The lowest BCUT2D eigenvalue weighted by molar-refractivity contribution is 1.26. The highest BCUT2D eigenvalue weighted by Crippen LogP contribution is 2.19. The van der Waals surface area contributed by atoms with Gasteiger partial charge in [-0.1, -0.05) is 25.1 Å². The first-order chi connectivity index (χ1) is 6.29. The molecule has 2 nitrogen and oxygen atoms in total. The van der Waals surface area contributed by atoms with Gasteiger partial charge in [0.2, 0.25) is 0 Å². The van der Waals surface area contributed by atoms with Crippen LogP contribution >= 0.6 is 45.7 Å². The fraction of sp³-hybridized carbons (Fsp3) is 0.222. The topological polar surface area (TPSA) is 15.6 Å². The van der Waals surface area contributed by atoms with Gasteiger partial charge in [0.05, 0.1) is 51.4 Å². The van der Waals surface area contributed by atoms with Crippen LogP contribution in [0.4, 0.5) is 5.69 Å². The first-order valence-electron chi connectivity index (χ1n) is 3.98. The maximum atomic E-state index is 4.19. The van der Waals surface area contributed by atoms with Crippen molar-refractivity contribution in [2.24, 2.45) is 3.21 Å². The molecule has 0 saturated heterocycles. The Bertz CT molecular complexity index is 285. The number of hydrogen-bond donors (Lipinski definition) is 0. The highest BCUT2D eigenvalue weighted by molar-refractivity contribution is 14.1. The second kappa shape index (κ2) is 5.79. The molecule has 0 aliphatic heterocycles. The van der Waals surface area contributed by atoms with E-state index in [1.807, 2.05) is 41.1 Å². The van der Waals surface area contributed by atoms with E-state index in [0.29, 0.717) is 0 Å². The minimum Gasteiger partial charge on any atom is -0.270 e. The van der Waals surface area contributed by atoms with Gasteiger partial charge in [0.1, 0.15) is 5.84 Å². The summed E-state index contributed by atoms with van der Waals surface area (Å²) in [5, 5.41) is 0. The van der Waals surface area contributed by atoms with Crippen LogP contribution in [0.1, 0.15) is 13.3 Å². The van der Waals surface area contributed by atoms with Crippen LogP contribution in [-0.2, 0) is 0 Å². The van der Waals surface area contributed by atoms with Gasteiger partial charge in [0.15, 0.2) is 0 Å². The summed E-state index contributed by atoms with van der Waals surface area (Å²) in [6, 6.07) is 10.2. The van der Waals surface area contributed by atoms with Gasteiger partial charge in [-0.2, -0.15) is 0 Å². The number of benzene rings is 1. The molecule has 0 saturated carbocycles. The molecular weight excluding hydrogens is 390 g/mol. The van der Waals surface area contributed by atoms with E-state index in [1.54, 1.807) is 0 Å². The molecule has 0 spiro atoms. The van der Waals surface area contributed by atoms with E-state index in [0.717, 1.165) is 12.3 Å². The predicted octanol–water partition coefficient (Wildman–Crippen LogP) is 4.00. The summed E-state index contributed by atoms with van der Waals surface area (Å²) >= 11 is 4.30. The van der Waals surface area contributed by atoms with E-state index in [2.05, 4.69) is 48.2 Å². The number of rotatable bonds is 2. The van der Waals surface area contributed by atoms with Gasteiger partial charge >= 0.3 is 0 Å². The SMILES string of the molecule is CCC(=NI)N(I)c1ccccc1. The monoisotopic (exact) mass is 400 g/mol. The average Bonchev–Trinajstić information content (AvgIpc) is 2.21. The Labute approximate surface area is 106 Å². The van der Waals surface area contributed by atoms with Crippen LogP contribution in [0.25, 0.3) is 0 Å². The van der Waals surface area contributed by atoms with Gasteiger partial charge in [-0.05, 0) is 12.1 Å². The molecule has 1 rings (SSSR count). The number of nitrogens with zero attached hydrogens (tertiary/aromatic N) is 2. The molecule has 0 bridgehead atoms. The minimum atomic E-state index is 0.945. The number of halogens is 2. The summed E-state index contributed by atoms with van der Waals surface area (Å²) in [7, 11) is 0. The summed E-state index contributed by atoms with van der Waals surface area (Å²) in [5.41, 5.74) is 1.17. The molecule has 0 aliphatic carbocycles. The number of anilines is 1. The quantitative estimate of drug-likeness (QED) is 0.317. The third kappa shape index (κ3) is 3.08. The molecule has 0 N–H and O–H groups in total. The Morgan fingerprint density at radius 2 is 2.00 bits per heavy atom. The summed E-state index contributed by atoms with van der Waals surface area (Å²) in [5.74, 6) is 1.08. The van der Waals surface area contributed by atoms with Crippen molar-refractivity contribution in [3.63, 3.8) is 0 Å². The Kier molecular flexibility index (Phi) is 5.00. The number of para-hydroxylation sites is 1. The van der Waals surface area contributed by atoms with Gasteiger partial charge in [-0.3, -0.25) is 3.11 Å². The summed E-state index contributed by atoms with van der Waals surface area (Å²) in [6.45, 7) is 2.10. The third-order valence-electron chi connectivity index (χ3n) is 1.62. The average molecular weight is 400 g/mol. The molecule has 0 amide bonds. The van der Waals surface area contributed by atoms with Crippen LogP contribution in [0.2, 0.25) is 0 Å². The summed E-state index contributed by atoms with van der Waals surface area (Å²) in [6.07, 6.45) is 0.945. The van der Waals surface area contributed by atoms with Crippen molar-refractivity contribution >= 4 is 57.3 Å². The Balaban J connectivity index is 2.85. The van der Waals surface area contributed by atoms with Gasteiger partial charge in [-0.25, -0.2) is 3.21 Å². The van der Waals surface area contributed by atoms with Crippen molar-refractivity contribution < 1.29 is 0 Å².